The molecule has 4 heteroatoms. The third kappa shape index (κ3) is 4.46. The first kappa shape index (κ1) is 16.4. The Morgan fingerprint density at radius 1 is 1.32 bits per heavy atom. The summed E-state index contributed by atoms with van der Waals surface area (Å²) in [6.45, 7) is 7.69. The van der Waals surface area contributed by atoms with E-state index in [-0.39, 0.29) is 5.91 Å². The number of amides is 1. The summed E-state index contributed by atoms with van der Waals surface area (Å²) in [6.07, 6.45) is 6.99. The number of hydrogen-bond donors (Lipinski definition) is 2. The monoisotopic (exact) mass is 269 g/mol. The number of piperidine rings is 1. The summed E-state index contributed by atoms with van der Waals surface area (Å²) in [6, 6.07) is 1.41. The fourth-order valence-corrected chi connectivity index (χ4v) is 3.06. The van der Waals surface area contributed by atoms with Crippen molar-refractivity contribution < 1.29 is 4.79 Å². The maximum Gasteiger partial charge on any atom is 0.237 e. The van der Waals surface area contributed by atoms with Gasteiger partial charge in [0.25, 0.3) is 0 Å². The lowest BCUT2D eigenvalue weighted by Gasteiger charge is -2.39. The van der Waals surface area contributed by atoms with Crippen molar-refractivity contribution in [1.82, 2.24) is 10.2 Å². The molecule has 1 fully saturated rings. The van der Waals surface area contributed by atoms with Crippen molar-refractivity contribution in [2.24, 2.45) is 5.73 Å². The molecular weight excluding hydrogens is 238 g/mol. The molecule has 0 radical (unpaired) electrons. The minimum absolute atomic E-state index is 0.255. The number of carbonyl (C=O) groups excluding carboxylic acids is 1. The molecule has 1 unspecified atom stereocenters. The highest BCUT2D eigenvalue weighted by molar-refractivity contribution is 5.84. The molecule has 1 amide bonds. The molecule has 3 N–H and O–H groups in total. The molecule has 0 bridgehead atoms. The van der Waals surface area contributed by atoms with Gasteiger partial charge in [0, 0.05) is 12.1 Å². The molecule has 0 aromatic heterocycles. The summed E-state index contributed by atoms with van der Waals surface area (Å²) in [7, 11) is 1.81. The lowest BCUT2D eigenvalue weighted by molar-refractivity contribution is -0.123. The predicted octanol–water partition coefficient (Wildman–Crippen LogP) is 1.88. The fraction of sp³-hybridized carbons (Fsp3) is 0.933. The van der Waals surface area contributed by atoms with Crippen molar-refractivity contribution in [3.63, 3.8) is 0 Å². The van der Waals surface area contributed by atoms with E-state index in [1.807, 2.05) is 6.92 Å². The van der Waals surface area contributed by atoms with Crippen molar-refractivity contribution in [2.45, 2.75) is 76.9 Å². The number of nitrogens with zero attached hydrogens (tertiary/aromatic N) is 1. The number of nitrogens with one attached hydrogen (secondary N) is 1. The van der Waals surface area contributed by atoms with Crippen LogP contribution < -0.4 is 11.1 Å². The molecule has 19 heavy (non-hydrogen) atoms. The van der Waals surface area contributed by atoms with Gasteiger partial charge in [-0.05, 0) is 66.5 Å². The molecule has 3 atom stereocenters. The Kier molecular flexibility index (Phi) is 6.27. The summed E-state index contributed by atoms with van der Waals surface area (Å²) < 4.78 is 0. The largest absolute Gasteiger partial charge is 0.368 e. The summed E-state index contributed by atoms with van der Waals surface area (Å²) >= 11 is 0. The van der Waals surface area contributed by atoms with E-state index in [4.69, 9.17) is 5.73 Å². The Morgan fingerprint density at radius 2 is 1.89 bits per heavy atom. The van der Waals surface area contributed by atoms with Gasteiger partial charge in [0.05, 0.1) is 5.54 Å². The number of unbranched alkanes of at least 4 members (excludes halogenated alkanes) is 1. The van der Waals surface area contributed by atoms with Gasteiger partial charge >= 0.3 is 0 Å². The Morgan fingerprint density at radius 3 is 2.37 bits per heavy atom. The summed E-state index contributed by atoms with van der Waals surface area (Å²) in [5.41, 5.74) is 4.88. The highest BCUT2D eigenvalue weighted by Crippen LogP contribution is 2.23. The predicted molar refractivity (Wildman–Crippen MR) is 80.0 cm³/mol. The standard InChI is InChI=1S/C15H31N3O/c1-12-8-7-9-13(2)18(12)11-6-5-10-15(3,17-4)14(16)19/h12-13,17H,5-11H2,1-4H3,(H2,16,19)/t12-,13+,15?. The van der Waals surface area contributed by atoms with Crippen LogP contribution in [0.2, 0.25) is 0 Å². The Hall–Kier alpha value is -0.610. The lowest BCUT2D eigenvalue weighted by atomic mass is 9.93. The molecule has 0 aliphatic carbocycles. The molecule has 0 aromatic rings. The van der Waals surface area contributed by atoms with Gasteiger partial charge in [-0.2, -0.15) is 0 Å². The molecule has 112 valence electrons. The van der Waals surface area contributed by atoms with Crippen molar-refractivity contribution in [1.29, 1.82) is 0 Å². The van der Waals surface area contributed by atoms with Gasteiger partial charge in [-0.15, -0.1) is 0 Å². The molecule has 1 aliphatic heterocycles. The zero-order valence-corrected chi connectivity index (χ0v) is 13.0. The topological polar surface area (TPSA) is 58.4 Å². The van der Waals surface area contributed by atoms with Crippen LogP contribution in [0.4, 0.5) is 0 Å². The van der Waals surface area contributed by atoms with Crippen molar-refractivity contribution in [3.05, 3.63) is 0 Å². The van der Waals surface area contributed by atoms with Crippen LogP contribution in [0.15, 0.2) is 0 Å². The number of hydrogen-bond acceptors (Lipinski definition) is 3. The first-order chi connectivity index (χ1) is 8.90. The van der Waals surface area contributed by atoms with Gasteiger partial charge in [0.1, 0.15) is 0 Å². The van der Waals surface area contributed by atoms with Crippen LogP contribution in [0.25, 0.3) is 0 Å². The summed E-state index contributed by atoms with van der Waals surface area (Å²) in [5, 5.41) is 3.05. The van der Waals surface area contributed by atoms with E-state index >= 15 is 0 Å². The molecule has 1 aliphatic rings. The van der Waals surface area contributed by atoms with Gasteiger partial charge in [0.15, 0.2) is 0 Å². The third-order valence-electron chi connectivity index (χ3n) is 4.81. The molecule has 0 aromatic carbocycles. The van der Waals surface area contributed by atoms with E-state index in [1.54, 1.807) is 7.05 Å². The van der Waals surface area contributed by atoms with E-state index in [2.05, 4.69) is 24.1 Å². The van der Waals surface area contributed by atoms with Crippen LogP contribution in [0.1, 0.15) is 59.3 Å². The SMILES string of the molecule is CNC(C)(CCCCN1[C@H](C)CCC[C@@H]1C)C(N)=O. The average molecular weight is 269 g/mol. The van der Waals surface area contributed by atoms with E-state index in [9.17, 15) is 4.79 Å². The second-order valence-corrected chi connectivity index (χ2v) is 6.27. The van der Waals surface area contributed by atoms with E-state index in [0.717, 1.165) is 25.8 Å². The van der Waals surface area contributed by atoms with Gasteiger partial charge in [0.2, 0.25) is 5.91 Å². The number of likely N-dealkylation sites (tertiary alicyclic amines) is 1. The Balaban J connectivity index is 2.32. The first-order valence-corrected chi connectivity index (χ1v) is 7.65. The minimum atomic E-state index is -0.556. The van der Waals surface area contributed by atoms with Gasteiger partial charge in [-0.25, -0.2) is 0 Å². The number of carbonyl (C=O) groups is 1. The normalized spacial score (nSPS) is 28.0. The fourth-order valence-electron chi connectivity index (χ4n) is 3.06. The van der Waals surface area contributed by atoms with Crippen molar-refractivity contribution in [3.8, 4) is 0 Å². The number of rotatable bonds is 7. The smallest absolute Gasteiger partial charge is 0.237 e. The van der Waals surface area contributed by atoms with Crippen molar-refractivity contribution >= 4 is 5.91 Å². The molecule has 1 heterocycles. The second-order valence-electron chi connectivity index (χ2n) is 6.27. The van der Waals surface area contributed by atoms with Gasteiger partial charge < -0.3 is 11.1 Å². The van der Waals surface area contributed by atoms with E-state index in [0.29, 0.717) is 12.1 Å². The number of primary amides is 1. The molecule has 4 nitrogen and oxygen atoms in total. The quantitative estimate of drug-likeness (QED) is 0.694. The van der Waals surface area contributed by atoms with Crippen LogP contribution in [0, 0.1) is 0 Å². The molecule has 0 saturated carbocycles. The second kappa shape index (κ2) is 7.25. The Bertz CT molecular complexity index is 285. The van der Waals surface area contributed by atoms with E-state index in [1.165, 1.54) is 19.3 Å². The number of likely N-dealkylation sites (N-methyl/N-ethyl adjacent to an activating group) is 1. The highest BCUT2D eigenvalue weighted by atomic mass is 16.1. The average Bonchev–Trinajstić information content (AvgIpc) is 2.36. The summed E-state index contributed by atoms with van der Waals surface area (Å²) in [5.74, 6) is -0.255. The van der Waals surface area contributed by atoms with Crippen LogP contribution in [-0.4, -0.2) is 42.0 Å². The minimum Gasteiger partial charge on any atom is -0.368 e. The molecular formula is C15H31N3O. The zero-order valence-electron chi connectivity index (χ0n) is 13.0. The van der Waals surface area contributed by atoms with Crippen LogP contribution in [0.3, 0.4) is 0 Å². The van der Waals surface area contributed by atoms with Gasteiger partial charge in [-0.1, -0.05) is 6.42 Å². The first-order valence-electron chi connectivity index (χ1n) is 7.65. The maximum absolute atomic E-state index is 11.4. The zero-order chi connectivity index (χ0) is 14.5. The van der Waals surface area contributed by atoms with Crippen LogP contribution in [-0.2, 0) is 4.79 Å². The van der Waals surface area contributed by atoms with Crippen molar-refractivity contribution in [2.75, 3.05) is 13.6 Å². The summed E-state index contributed by atoms with van der Waals surface area (Å²) in [4.78, 5) is 14.0. The van der Waals surface area contributed by atoms with Crippen LogP contribution >= 0.6 is 0 Å². The van der Waals surface area contributed by atoms with E-state index < -0.39 is 5.54 Å². The van der Waals surface area contributed by atoms with Gasteiger partial charge in [-0.3, -0.25) is 9.69 Å². The lowest BCUT2D eigenvalue weighted by Crippen LogP contribution is -2.51. The highest BCUT2D eigenvalue weighted by Gasteiger charge is 2.28. The number of nitrogens with two attached hydrogens (primary N) is 1. The molecule has 0 spiro atoms. The Labute approximate surface area is 118 Å². The molecule has 1 rings (SSSR count). The molecule has 1 saturated heterocycles. The third-order valence-corrected chi connectivity index (χ3v) is 4.81. The van der Waals surface area contributed by atoms with Crippen LogP contribution in [0.5, 0.6) is 0 Å². The maximum atomic E-state index is 11.4.